The molecule has 3 aromatic carbocycles. The zero-order valence-electron chi connectivity index (χ0n) is 18.3. The maximum absolute atomic E-state index is 13.3. The highest BCUT2D eigenvalue weighted by Gasteiger charge is 2.29. The van der Waals surface area contributed by atoms with Crippen LogP contribution in [0.25, 0.3) is 0 Å². The van der Waals surface area contributed by atoms with Crippen molar-refractivity contribution in [2.45, 2.75) is 45.8 Å². The van der Waals surface area contributed by atoms with Gasteiger partial charge in [0, 0.05) is 25.9 Å². The summed E-state index contributed by atoms with van der Waals surface area (Å²) in [6.45, 7) is 4.72. The summed E-state index contributed by atoms with van der Waals surface area (Å²) in [4.78, 5) is 28.0. The van der Waals surface area contributed by atoms with E-state index in [-0.39, 0.29) is 11.8 Å². The second-order valence-corrected chi connectivity index (χ2v) is 7.77. The number of hydrogen-bond donors (Lipinski definition) is 1. The maximum Gasteiger partial charge on any atom is 0.243 e. The van der Waals surface area contributed by atoms with E-state index in [1.807, 2.05) is 98.8 Å². The minimum Gasteiger partial charge on any atom is -0.350 e. The van der Waals surface area contributed by atoms with Gasteiger partial charge >= 0.3 is 0 Å². The molecule has 31 heavy (non-hydrogen) atoms. The van der Waals surface area contributed by atoms with Crippen molar-refractivity contribution in [2.24, 2.45) is 0 Å². The van der Waals surface area contributed by atoms with Crippen LogP contribution >= 0.6 is 0 Å². The fraction of sp³-hybridized carbons (Fsp3) is 0.259. The molecule has 4 nitrogen and oxygen atoms in total. The normalized spacial score (nSPS) is 11.5. The van der Waals surface area contributed by atoms with Crippen LogP contribution < -0.4 is 5.32 Å². The second kappa shape index (κ2) is 11.1. The Hall–Kier alpha value is -3.40. The Morgan fingerprint density at radius 1 is 0.806 bits per heavy atom. The van der Waals surface area contributed by atoms with Crippen LogP contribution in [0.5, 0.6) is 0 Å². The molecule has 0 saturated heterocycles. The van der Waals surface area contributed by atoms with Gasteiger partial charge in [0.05, 0.1) is 0 Å². The lowest BCUT2D eigenvalue weighted by Crippen LogP contribution is -2.50. The smallest absolute Gasteiger partial charge is 0.243 e. The van der Waals surface area contributed by atoms with Crippen molar-refractivity contribution in [3.05, 3.63) is 107 Å². The Kier molecular flexibility index (Phi) is 7.99. The number of nitrogens with one attached hydrogen (secondary N) is 1. The van der Waals surface area contributed by atoms with Gasteiger partial charge in [-0.05, 0) is 23.6 Å². The van der Waals surface area contributed by atoms with Gasteiger partial charge in [0.2, 0.25) is 11.8 Å². The quantitative estimate of drug-likeness (QED) is 0.554. The predicted octanol–water partition coefficient (Wildman–Crippen LogP) is 4.66. The Labute approximate surface area is 184 Å². The number of carbonyl (C=O) groups is 2. The van der Waals surface area contributed by atoms with Crippen LogP contribution in [-0.2, 0) is 29.1 Å². The molecule has 0 bridgehead atoms. The number of carbonyl (C=O) groups excluding carboxylic acids is 2. The second-order valence-electron chi connectivity index (χ2n) is 7.77. The maximum atomic E-state index is 13.3. The molecule has 160 valence electrons. The highest BCUT2D eigenvalue weighted by molar-refractivity contribution is 5.87. The molecule has 0 unspecified atom stereocenters. The summed E-state index contributed by atoms with van der Waals surface area (Å²) in [7, 11) is 0. The number of aryl methyl sites for hydroxylation is 1. The molecule has 0 aliphatic carbocycles. The third kappa shape index (κ3) is 6.54. The zero-order chi connectivity index (χ0) is 22.1. The lowest BCUT2D eigenvalue weighted by Gasteiger charge is -2.31. The Balaban J connectivity index is 1.83. The first-order valence-corrected chi connectivity index (χ1v) is 10.8. The van der Waals surface area contributed by atoms with Crippen LogP contribution in [-0.4, -0.2) is 22.8 Å². The predicted molar refractivity (Wildman–Crippen MR) is 124 cm³/mol. The van der Waals surface area contributed by atoms with Gasteiger partial charge in [-0.2, -0.15) is 0 Å². The van der Waals surface area contributed by atoms with Gasteiger partial charge in [-0.1, -0.05) is 97.4 Å². The van der Waals surface area contributed by atoms with Crippen molar-refractivity contribution in [2.75, 3.05) is 0 Å². The third-order valence-electron chi connectivity index (χ3n) is 5.36. The first-order valence-electron chi connectivity index (χ1n) is 10.8. The van der Waals surface area contributed by atoms with E-state index in [0.29, 0.717) is 25.9 Å². The Bertz CT molecular complexity index is 969. The van der Waals surface area contributed by atoms with Crippen LogP contribution in [0.1, 0.15) is 35.6 Å². The van der Waals surface area contributed by atoms with Gasteiger partial charge in [0.1, 0.15) is 6.04 Å². The Morgan fingerprint density at radius 3 is 1.97 bits per heavy atom. The first kappa shape index (κ1) is 22.3. The molecule has 1 atom stereocenters. The Morgan fingerprint density at radius 2 is 1.39 bits per heavy atom. The molecular weight excluding hydrogens is 384 g/mol. The zero-order valence-corrected chi connectivity index (χ0v) is 18.3. The molecule has 0 saturated carbocycles. The molecule has 0 aliphatic rings. The average Bonchev–Trinajstić information content (AvgIpc) is 2.81. The van der Waals surface area contributed by atoms with Crippen LogP contribution in [0.15, 0.2) is 84.9 Å². The fourth-order valence-corrected chi connectivity index (χ4v) is 3.55. The summed E-state index contributed by atoms with van der Waals surface area (Å²) < 4.78 is 0. The van der Waals surface area contributed by atoms with Crippen LogP contribution in [0.2, 0.25) is 0 Å². The summed E-state index contributed by atoms with van der Waals surface area (Å²) >= 11 is 0. The van der Waals surface area contributed by atoms with Gasteiger partial charge in [0.15, 0.2) is 0 Å². The number of amides is 2. The van der Waals surface area contributed by atoms with Crippen molar-refractivity contribution in [3.63, 3.8) is 0 Å². The molecule has 4 heteroatoms. The molecule has 1 N–H and O–H groups in total. The number of hydrogen-bond acceptors (Lipinski definition) is 2. The summed E-state index contributed by atoms with van der Waals surface area (Å²) in [5.41, 5.74) is 4.25. The van der Waals surface area contributed by atoms with Gasteiger partial charge in [-0.15, -0.1) is 0 Å². The summed E-state index contributed by atoms with van der Waals surface area (Å²) in [6, 6.07) is 27.2. The van der Waals surface area contributed by atoms with E-state index in [0.717, 1.165) is 16.7 Å². The van der Waals surface area contributed by atoms with E-state index in [2.05, 4.69) is 5.32 Å². The molecule has 0 heterocycles. The number of benzene rings is 3. The molecule has 0 radical (unpaired) electrons. The monoisotopic (exact) mass is 414 g/mol. The van der Waals surface area contributed by atoms with Crippen molar-refractivity contribution in [3.8, 4) is 0 Å². The average molecular weight is 415 g/mol. The van der Waals surface area contributed by atoms with Gasteiger partial charge in [-0.25, -0.2) is 0 Å². The van der Waals surface area contributed by atoms with E-state index in [9.17, 15) is 9.59 Å². The van der Waals surface area contributed by atoms with Crippen LogP contribution in [0.4, 0.5) is 0 Å². The highest BCUT2D eigenvalue weighted by atomic mass is 16.2. The highest BCUT2D eigenvalue weighted by Crippen LogP contribution is 2.16. The number of nitrogens with zero attached hydrogens (tertiary/aromatic N) is 1. The molecule has 0 aromatic heterocycles. The third-order valence-corrected chi connectivity index (χ3v) is 5.36. The van der Waals surface area contributed by atoms with Crippen molar-refractivity contribution in [1.29, 1.82) is 0 Å². The first-order chi connectivity index (χ1) is 15.1. The van der Waals surface area contributed by atoms with Crippen molar-refractivity contribution in [1.82, 2.24) is 10.2 Å². The molecule has 0 spiro atoms. The summed E-state index contributed by atoms with van der Waals surface area (Å²) in [5, 5.41) is 3.05. The largest absolute Gasteiger partial charge is 0.350 e. The standard InChI is InChI=1S/C27H30N2O2/c1-3-26(30)29(20-24-12-8-5-9-13-24)25(18-22-10-6-4-7-11-22)27(31)28-19-23-16-14-21(2)15-17-23/h4-17,25H,3,18-20H2,1-2H3,(H,28,31)/t25-/m0/s1. The van der Waals surface area contributed by atoms with Crippen molar-refractivity contribution < 1.29 is 9.59 Å². The van der Waals surface area contributed by atoms with E-state index in [1.54, 1.807) is 4.90 Å². The van der Waals surface area contributed by atoms with E-state index in [1.165, 1.54) is 5.56 Å². The lowest BCUT2D eigenvalue weighted by atomic mass is 10.0. The molecule has 3 rings (SSSR count). The molecule has 3 aromatic rings. The fourth-order valence-electron chi connectivity index (χ4n) is 3.55. The van der Waals surface area contributed by atoms with E-state index >= 15 is 0 Å². The lowest BCUT2D eigenvalue weighted by molar-refractivity contribution is -0.141. The number of rotatable bonds is 9. The van der Waals surface area contributed by atoms with Gasteiger partial charge < -0.3 is 10.2 Å². The van der Waals surface area contributed by atoms with E-state index < -0.39 is 6.04 Å². The molecule has 0 aliphatic heterocycles. The SMILES string of the molecule is CCC(=O)N(Cc1ccccc1)[C@@H](Cc1ccccc1)C(=O)NCc1ccc(C)cc1. The van der Waals surface area contributed by atoms with Crippen LogP contribution in [0.3, 0.4) is 0 Å². The van der Waals surface area contributed by atoms with Crippen LogP contribution in [0, 0.1) is 6.92 Å². The van der Waals surface area contributed by atoms with Gasteiger partial charge in [0.25, 0.3) is 0 Å². The minimum absolute atomic E-state index is 0.0322. The summed E-state index contributed by atoms with van der Waals surface area (Å²) in [6.07, 6.45) is 0.822. The molecular formula is C27H30N2O2. The van der Waals surface area contributed by atoms with E-state index in [4.69, 9.17) is 0 Å². The molecule has 0 fully saturated rings. The molecule has 2 amide bonds. The van der Waals surface area contributed by atoms with Gasteiger partial charge in [-0.3, -0.25) is 9.59 Å². The van der Waals surface area contributed by atoms with Crippen molar-refractivity contribution >= 4 is 11.8 Å². The minimum atomic E-state index is -0.583. The summed E-state index contributed by atoms with van der Waals surface area (Å²) in [5.74, 6) is -0.169. The topological polar surface area (TPSA) is 49.4 Å².